The van der Waals surface area contributed by atoms with Gasteiger partial charge in [0.05, 0.1) is 11.6 Å². The van der Waals surface area contributed by atoms with Crippen molar-refractivity contribution in [3.05, 3.63) is 0 Å². The van der Waals surface area contributed by atoms with Crippen LogP contribution in [-0.2, 0) is 4.79 Å². The van der Waals surface area contributed by atoms with Gasteiger partial charge in [0.2, 0.25) is 5.91 Å². The molecule has 0 aromatic rings. The van der Waals surface area contributed by atoms with E-state index in [0.717, 1.165) is 6.42 Å². The number of rotatable bonds is 7. The number of nitrogens with two attached hydrogens (primary N) is 1. The third-order valence-corrected chi connectivity index (χ3v) is 2.64. The first-order valence-electron chi connectivity index (χ1n) is 6.04. The zero-order chi connectivity index (χ0) is 12.8. The Hall–Kier alpha value is -0.320. The van der Waals surface area contributed by atoms with Gasteiger partial charge in [0.15, 0.2) is 0 Å². The minimum atomic E-state index is -0.778. The molecular weight excluding hydrogens is 240 g/mol. The van der Waals surface area contributed by atoms with E-state index in [-0.39, 0.29) is 30.3 Å². The number of nitrogens with one attached hydrogen (secondary N) is 1. The van der Waals surface area contributed by atoms with Crippen molar-refractivity contribution in [2.24, 2.45) is 11.7 Å². The van der Waals surface area contributed by atoms with Gasteiger partial charge in [-0.1, -0.05) is 20.3 Å². The van der Waals surface area contributed by atoms with Gasteiger partial charge in [0, 0.05) is 6.54 Å². The molecule has 4 N–H and O–H groups in total. The van der Waals surface area contributed by atoms with Crippen LogP contribution in [0.5, 0.6) is 0 Å². The summed E-state index contributed by atoms with van der Waals surface area (Å²) in [7, 11) is 0. The van der Waals surface area contributed by atoms with Gasteiger partial charge in [0.1, 0.15) is 0 Å². The van der Waals surface area contributed by atoms with Crippen LogP contribution in [0.2, 0.25) is 0 Å². The normalized spacial score (nSPS) is 17.5. The molecule has 0 saturated heterocycles. The van der Waals surface area contributed by atoms with Crippen LogP contribution >= 0.6 is 12.4 Å². The summed E-state index contributed by atoms with van der Waals surface area (Å²) in [5, 5.41) is 12.0. The first-order chi connectivity index (χ1) is 7.29. The second-order valence-electron chi connectivity index (χ2n) is 5.07. The zero-order valence-corrected chi connectivity index (χ0v) is 12.1. The van der Waals surface area contributed by atoms with Gasteiger partial charge in [-0.15, -0.1) is 12.4 Å². The van der Waals surface area contributed by atoms with Gasteiger partial charge >= 0.3 is 0 Å². The summed E-state index contributed by atoms with van der Waals surface area (Å²) >= 11 is 0. The van der Waals surface area contributed by atoms with E-state index in [1.54, 1.807) is 13.8 Å². The number of carbonyl (C=O) groups excluding carboxylic acids is 1. The Bertz CT molecular complexity index is 221. The average Bonchev–Trinajstić information content (AvgIpc) is 2.12. The lowest BCUT2D eigenvalue weighted by Gasteiger charge is -2.24. The van der Waals surface area contributed by atoms with Gasteiger partial charge in [-0.05, 0) is 32.6 Å². The third-order valence-electron chi connectivity index (χ3n) is 2.64. The maximum Gasteiger partial charge on any atom is 0.239 e. The molecule has 0 aliphatic heterocycles. The highest BCUT2D eigenvalue weighted by molar-refractivity contribution is 5.85. The molecule has 4 nitrogen and oxygen atoms in total. The molecule has 1 amide bonds. The van der Waals surface area contributed by atoms with Crippen LogP contribution in [0.4, 0.5) is 0 Å². The standard InChI is InChI=1S/C12H26N2O2.ClH/c1-5-6-12(4,13)11(16)14-8-9(2)7-10(3)15;/h9-10,15H,5-8,13H2,1-4H3,(H,14,16);1H. The summed E-state index contributed by atoms with van der Waals surface area (Å²) in [6, 6.07) is 0. The van der Waals surface area contributed by atoms with E-state index in [9.17, 15) is 9.90 Å². The third kappa shape index (κ3) is 8.41. The Morgan fingerprint density at radius 3 is 2.41 bits per heavy atom. The molecule has 0 rings (SSSR count). The maximum atomic E-state index is 11.7. The van der Waals surface area contributed by atoms with E-state index in [2.05, 4.69) is 5.32 Å². The van der Waals surface area contributed by atoms with Crippen LogP contribution in [0.1, 0.15) is 47.0 Å². The zero-order valence-electron chi connectivity index (χ0n) is 11.3. The summed E-state index contributed by atoms with van der Waals surface area (Å²) in [6.07, 6.45) is 1.94. The lowest BCUT2D eigenvalue weighted by atomic mass is 9.96. The number of hydrogen-bond donors (Lipinski definition) is 3. The molecule has 0 bridgehead atoms. The molecule has 0 fully saturated rings. The van der Waals surface area contributed by atoms with Crippen LogP contribution in [0, 0.1) is 5.92 Å². The van der Waals surface area contributed by atoms with Crippen molar-refractivity contribution in [3.63, 3.8) is 0 Å². The first-order valence-corrected chi connectivity index (χ1v) is 6.04. The molecule has 5 heteroatoms. The van der Waals surface area contributed by atoms with Crippen LogP contribution < -0.4 is 11.1 Å². The Morgan fingerprint density at radius 1 is 1.47 bits per heavy atom. The van der Waals surface area contributed by atoms with Crippen LogP contribution in [-0.4, -0.2) is 29.2 Å². The number of aliphatic hydroxyl groups is 1. The fourth-order valence-corrected chi connectivity index (χ4v) is 1.77. The lowest BCUT2D eigenvalue weighted by molar-refractivity contribution is -0.126. The van der Waals surface area contributed by atoms with Gasteiger partial charge in [-0.25, -0.2) is 0 Å². The predicted molar refractivity (Wildman–Crippen MR) is 73.2 cm³/mol. The minimum absolute atomic E-state index is 0. The summed E-state index contributed by atoms with van der Waals surface area (Å²) in [6.45, 7) is 8.09. The molecule has 0 aliphatic rings. The smallest absolute Gasteiger partial charge is 0.239 e. The predicted octanol–water partition coefficient (Wildman–Crippen LogP) is 1.45. The van der Waals surface area contributed by atoms with Crippen molar-refractivity contribution >= 4 is 18.3 Å². The van der Waals surface area contributed by atoms with Crippen LogP contribution in [0.25, 0.3) is 0 Å². The van der Waals surface area contributed by atoms with E-state index in [1.165, 1.54) is 0 Å². The highest BCUT2D eigenvalue weighted by Crippen LogP contribution is 2.09. The summed E-state index contributed by atoms with van der Waals surface area (Å²) in [5.74, 6) is 0.160. The SMILES string of the molecule is CCCC(C)(N)C(=O)NCC(C)CC(C)O.Cl. The summed E-state index contributed by atoms with van der Waals surface area (Å²) in [5.41, 5.74) is 5.12. The van der Waals surface area contributed by atoms with Gasteiger partial charge in [-0.3, -0.25) is 4.79 Å². The Morgan fingerprint density at radius 2 is 2.00 bits per heavy atom. The summed E-state index contributed by atoms with van der Waals surface area (Å²) in [4.78, 5) is 11.7. The van der Waals surface area contributed by atoms with E-state index in [4.69, 9.17) is 5.73 Å². The van der Waals surface area contributed by atoms with Crippen LogP contribution in [0.15, 0.2) is 0 Å². The molecule has 0 saturated carbocycles. The number of aliphatic hydroxyl groups excluding tert-OH is 1. The maximum absolute atomic E-state index is 11.7. The monoisotopic (exact) mass is 266 g/mol. The van der Waals surface area contributed by atoms with E-state index in [1.807, 2.05) is 13.8 Å². The Kier molecular flexibility index (Phi) is 9.77. The van der Waals surface area contributed by atoms with Crippen molar-refractivity contribution in [2.75, 3.05) is 6.54 Å². The molecular formula is C12H27ClN2O2. The molecule has 0 aromatic carbocycles. The van der Waals surface area contributed by atoms with Crippen molar-refractivity contribution in [1.29, 1.82) is 0 Å². The van der Waals surface area contributed by atoms with Crippen LogP contribution in [0.3, 0.4) is 0 Å². The quantitative estimate of drug-likeness (QED) is 0.653. The highest BCUT2D eigenvalue weighted by atomic mass is 35.5. The molecule has 104 valence electrons. The Balaban J connectivity index is 0. The summed E-state index contributed by atoms with van der Waals surface area (Å²) < 4.78 is 0. The Labute approximate surface area is 111 Å². The van der Waals surface area contributed by atoms with Gasteiger partial charge < -0.3 is 16.2 Å². The van der Waals surface area contributed by atoms with E-state index in [0.29, 0.717) is 19.4 Å². The second kappa shape index (κ2) is 8.72. The topological polar surface area (TPSA) is 75.4 Å². The van der Waals surface area contributed by atoms with Gasteiger partial charge in [0.25, 0.3) is 0 Å². The first kappa shape index (κ1) is 19.0. The molecule has 0 radical (unpaired) electrons. The second-order valence-corrected chi connectivity index (χ2v) is 5.07. The van der Waals surface area contributed by atoms with Crippen molar-refractivity contribution in [2.45, 2.75) is 58.6 Å². The minimum Gasteiger partial charge on any atom is -0.393 e. The fourth-order valence-electron chi connectivity index (χ4n) is 1.77. The lowest BCUT2D eigenvalue weighted by Crippen LogP contribution is -2.52. The van der Waals surface area contributed by atoms with Crippen molar-refractivity contribution < 1.29 is 9.90 Å². The highest BCUT2D eigenvalue weighted by Gasteiger charge is 2.26. The van der Waals surface area contributed by atoms with Crippen molar-refractivity contribution in [3.8, 4) is 0 Å². The fraction of sp³-hybridized carbons (Fsp3) is 0.917. The molecule has 0 aliphatic carbocycles. The number of halogens is 1. The number of amides is 1. The molecule has 0 aromatic heterocycles. The molecule has 17 heavy (non-hydrogen) atoms. The van der Waals surface area contributed by atoms with E-state index < -0.39 is 5.54 Å². The molecule has 3 unspecified atom stereocenters. The molecule has 3 atom stereocenters. The average molecular weight is 267 g/mol. The number of carbonyl (C=O) groups is 1. The van der Waals surface area contributed by atoms with Crippen molar-refractivity contribution in [1.82, 2.24) is 5.32 Å². The van der Waals surface area contributed by atoms with E-state index >= 15 is 0 Å². The molecule has 0 heterocycles. The van der Waals surface area contributed by atoms with Gasteiger partial charge in [-0.2, -0.15) is 0 Å². The number of hydrogen-bond acceptors (Lipinski definition) is 3. The largest absolute Gasteiger partial charge is 0.393 e. The molecule has 0 spiro atoms.